The van der Waals surface area contributed by atoms with Gasteiger partial charge in [0.25, 0.3) is 5.91 Å². The standard InChI is InChI=1S/C22H24IN3O7/c1-26(2)15-10-4-7-3-9-11(23)5-8(6-24)16(27)13(9)17(28)12(7)19(30)22(10,33)20(31)14(18(15)29)21(25)32/h5,7,10,15,27,29-30,33H,3-4,6,24H2,1-2H3,(H2,25,32)/t7-,10-,15-,22-/m0/s1. The minimum absolute atomic E-state index is 0.0160. The van der Waals surface area contributed by atoms with Crippen molar-refractivity contribution in [1.82, 2.24) is 4.90 Å². The van der Waals surface area contributed by atoms with Gasteiger partial charge < -0.3 is 31.9 Å². The van der Waals surface area contributed by atoms with E-state index in [0.29, 0.717) is 11.1 Å². The predicted molar refractivity (Wildman–Crippen MR) is 124 cm³/mol. The van der Waals surface area contributed by atoms with E-state index in [9.17, 15) is 34.8 Å². The molecule has 0 unspecified atom stereocenters. The summed E-state index contributed by atoms with van der Waals surface area (Å²) in [6.07, 6.45) is 0.312. The zero-order valence-electron chi connectivity index (χ0n) is 17.9. The number of phenols is 1. The number of carbonyl (C=O) groups excluding carboxylic acids is 3. The number of carbonyl (C=O) groups is 3. The molecule has 11 heteroatoms. The molecule has 0 saturated carbocycles. The summed E-state index contributed by atoms with van der Waals surface area (Å²) >= 11 is 2.05. The van der Waals surface area contributed by atoms with Crippen LogP contribution in [0.25, 0.3) is 0 Å². The summed E-state index contributed by atoms with van der Waals surface area (Å²) in [5, 5.41) is 44.1. The van der Waals surface area contributed by atoms with Crippen molar-refractivity contribution in [2.24, 2.45) is 23.3 Å². The van der Waals surface area contributed by atoms with Gasteiger partial charge in [-0.15, -0.1) is 0 Å². The summed E-state index contributed by atoms with van der Waals surface area (Å²) in [5.74, 6) is -6.64. The first-order chi connectivity index (χ1) is 15.4. The lowest BCUT2D eigenvalue weighted by Gasteiger charge is -2.50. The highest BCUT2D eigenvalue weighted by Gasteiger charge is 2.63. The second-order valence-corrected chi connectivity index (χ2v) is 10.0. The normalized spacial score (nSPS) is 29.2. The minimum Gasteiger partial charge on any atom is -0.510 e. The Labute approximate surface area is 202 Å². The van der Waals surface area contributed by atoms with Crippen molar-refractivity contribution < 1.29 is 34.8 Å². The van der Waals surface area contributed by atoms with Crippen LogP contribution in [0.15, 0.2) is 28.7 Å². The maximum absolute atomic E-state index is 13.5. The molecule has 4 atom stereocenters. The smallest absolute Gasteiger partial charge is 0.255 e. The third kappa shape index (κ3) is 3.06. The average molecular weight is 569 g/mol. The zero-order valence-corrected chi connectivity index (χ0v) is 20.1. The molecule has 0 radical (unpaired) electrons. The molecule has 1 amide bonds. The van der Waals surface area contributed by atoms with Gasteiger partial charge in [-0.05, 0) is 67.1 Å². The molecular formula is C22H24IN3O7. The Morgan fingerprint density at radius 3 is 2.45 bits per heavy atom. The van der Waals surface area contributed by atoms with E-state index < -0.39 is 58.0 Å². The molecule has 0 saturated heterocycles. The molecule has 0 heterocycles. The lowest BCUT2D eigenvalue weighted by Crippen LogP contribution is -2.63. The van der Waals surface area contributed by atoms with Crippen LogP contribution in [0, 0.1) is 15.4 Å². The number of fused-ring (bicyclic) bond motifs is 3. The number of nitrogens with zero attached hydrogens (tertiary/aromatic N) is 1. The van der Waals surface area contributed by atoms with Gasteiger partial charge in [-0.2, -0.15) is 0 Å². The second kappa shape index (κ2) is 7.79. The summed E-state index contributed by atoms with van der Waals surface area (Å²) in [6, 6.07) is 0.679. The van der Waals surface area contributed by atoms with Crippen molar-refractivity contribution in [1.29, 1.82) is 0 Å². The molecule has 4 rings (SSSR count). The number of amides is 1. The summed E-state index contributed by atoms with van der Waals surface area (Å²) < 4.78 is 0.719. The number of nitrogens with two attached hydrogens (primary N) is 2. The van der Waals surface area contributed by atoms with Crippen molar-refractivity contribution >= 4 is 40.1 Å². The number of hydrogen-bond acceptors (Lipinski definition) is 9. The number of aromatic hydroxyl groups is 1. The highest BCUT2D eigenvalue weighted by Crippen LogP contribution is 2.52. The zero-order chi connectivity index (χ0) is 24.6. The summed E-state index contributed by atoms with van der Waals surface area (Å²) in [7, 11) is 3.17. The fourth-order valence-corrected chi connectivity index (χ4v) is 6.35. The molecule has 0 fully saturated rings. The fraction of sp³-hybridized carbons (Fsp3) is 0.409. The molecule has 0 spiro atoms. The van der Waals surface area contributed by atoms with Crippen molar-refractivity contribution in [2.45, 2.75) is 31.0 Å². The highest BCUT2D eigenvalue weighted by molar-refractivity contribution is 14.1. The lowest BCUT2D eigenvalue weighted by molar-refractivity contribution is -0.148. The van der Waals surface area contributed by atoms with Crippen LogP contribution in [0.2, 0.25) is 0 Å². The van der Waals surface area contributed by atoms with Crippen LogP contribution in [-0.2, 0) is 22.6 Å². The van der Waals surface area contributed by atoms with Gasteiger partial charge in [0, 0.05) is 27.2 Å². The third-order valence-electron chi connectivity index (χ3n) is 6.97. The Balaban J connectivity index is 1.98. The van der Waals surface area contributed by atoms with Crippen molar-refractivity contribution in [3.63, 3.8) is 0 Å². The molecule has 176 valence electrons. The van der Waals surface area contributed by atoms with Crippen molar-refractivity contribution in [2.75, 3.05) is 14.1 Å². The number of likely N-dealkylation sites (N-methyl/N-ethyl adjacent to an activating group) is 1. The summed E-state index contributed by atoms with van der Waals surface area (Å²) in [6.45, 7) is -0.0160. The molecule has 0 aliphatic heterocycles. The second-order valence-electron chi connectivity index (χ2n) is 8.89. The molecule has 33 heavy (non-hydrogen) atoms. The first kappa shape index (κ1) is 23.7. The number of rotatable bonds is 3. The number of aliphatic hydroxyl groups is 3. The fourth-order valence-electron chi connectivity index (χ4n) is 5.48. The van der Waals surface area contributed by atoms with E-state index in [1.54, 1.807) is 20.2 Å². The number of benzene rings is 1. The number of aliphatic hydroxyl groups excluding tert-OH is 2. The Kier molecular flexibility index (Phi) is 5.59. The van der Waals surface area contributed by atoms with Gasteiger partial charge in [-0.25, -0.2) is 0 Å². The Bertz CT molecular complexity index is 1190. The van der Waals surface area contributed by atoms with Gasteiger partial charge in [0.1, 0.15) is 22.8 Å². The topological polar surface area (TPSA) is 187 Å². The molecule has 0 aromatic heterocycles. The predicted octanol–water partition coefficient (Wildman–Crippen LogP) is 0.184. The van der Waals surface area contributed by atoms with Gasteiger partial charge in [0.05, 0.1) is 11.6 Å². The number of halogens is 1. The molecule has 10 nitrogen and oxygen atoms in total. The van der Waals surface area contributed by atoms with Crippen LogP contribution in [0.4, 0.5) is 0 Å². The molecule has 1 aromatic carbocycles. The minimum atomic E-state index is -2.64. The van der Waals surface area contributed by atoms with E-state index in [0.717, 1.165) is 3.57 Å². The number of ketones is 2. The van der Waals surface area contributed by atoms with Crippen LogP contribution >= 0.6 is 22.6 Å². The molecule has 1 aromatic rings. The average Bonchev–Trinajstić information content (AvgIpc) is 2.72. The quantitative estimate of drug-likeness (QED) is 0.218. The van der Waals surface area contributed by atoms with E-state index in [-0.39, 0.29) is 36.3 Å². The molecule has 3 aliphatic rings. The largest absolute Gasteiger partial charge is 0.510 e. The SMILES string of the molecule is CN(C)[C@@H]1C(O)=C(C(N)=O)C(=O)[C@@]2(O)C(O)=C3C(=O)c4c(O)c(CN)cc(I)c4C[C@H]3C[C@@H]12. The number of Topliss-reactive ketones (excluding diaryl/α,β-unsaturated/α-hetero) is 2. The summed E-state index contributed by atoms with van der Waals surface area (Å²) in [4.78, 5) is 40.2. The lowest BCUT2D eigenvalue weighted by atomic mass is 9.58. The molecule has 8 N–H and O–H groups in total. The van der Waals surface area contributed by atoms with E-state index in [1.165, 1.54) is 4.90 Å². The van der Waals surface area contributed by atoms with Gasteiger partial charge in [-0.1, -0.05) is 0 Å². The van der Waals surface area contributed by atoms with Crippen LogP contribution in [0.5, 0.6) is 5.75 Å². The number of phenolic OH excluding ortho intramolecular Hbond substituents is 1. The first-order valence-electron chi connectivity index (χ1n) is 10.3. The summed E-state index contributed by atoms with van der Waals surface area (Å²) in [5.41, 5.74) is 8.26. The first-order valence-corrected chi connectivity index (χ1v) is 11.3. The Morgan fingerprint density at radius 2 is 1.91 bits per heavy atom. The molecular weight excluding hydrogens is 545 g/mol. The maximum atomic E-state index is 13.5. The van der Waals surface area contributed by atoms with Gasteiger partial charge in [0.15, 0.2) is 11.4 Å². The van der Waals surface area contributed by atoms with Crippen LogP contribution in [0.1, 0.15) is 27.9 Å². The molecule has 0 bridgehead atoms. The number of primary amides is 1. The van der Waals surface area contributed by atoms with Gasteiger partial charge in [-0.3, -0.25) is 19.3 Å². The van der Waals surface area contributed by atoms with E-state index in [4.69, 9.17) is 11.5 Å². The van der Waals surface area contributed by atoms with Crippen LogP contribution < -0.4 is 11.5 Å². The Hall–Kier alpha value is -2.48. The number of hydrogen-bond donors (Lipinski definition) is 6. The van der Waals surface area contributed by atoms with E-state index >= 15 is 0 Å². The van der Waals surface area contributed by atoms with E-state index in [2.05, 4.69) is 22.6 Å². The van der Waals surface area contributed by atoms with Crippen LogP contribution in [0.3, 0.4) is 0 Å². The van der Waals surface area contributed by atoms with Gasteiger partial charge in [0.2, 0.25) is 5.78 Å². The van der Waals surface area contributed by atoms with Crippen molar-refractivity contribution in [3.05, 3.63) is 49.0 Å². The number of allylic oxidation sites excluding steroid dienone is 1. The highest BCUT2D eigenvalue weighted by atomic mass is 127. The molecule has 3 aliphatic carbocycles. The maximum Gasteiger partial charge on any atom is 0.255 e. The Morgan fingerprint density at radius 1 is 1.27 bits per heavy atom. The van der Waals surface area contributed by atoms with Crippen LogP contribution in [-0.4, -0.2) is 68.5 Å². The monoisotopic (exact) mass is 569 g/mol. The third-order valence-corrected chi connectivity index (χ3v) is 7.93. The van der Waals surface area contributed by atoms with Gasteiger partial charge >= 0.3 is 0 Å². The van der Waals surface area contributed by atoms with E-state index in [1.807, 2.05) is 0 Å². The van der Waals surface area contributed by atoms with Crippen molar-refractivity contribution in [3.8, 4) is 5.75 Å².